The zero-order chi connectivity index (χ0) is 17.4. The molecule has 2 rings (SSSR count). The van der Waals surface area contributed by atoms with Gasteiger partial charge in [0.25, 0.3) is 0 Å². The monoisotopic (exact) mass is 383 g/mol. The van der Waals surface area contributed by atoms with Crippen molar-refractivity contribution in [2.75, 3.05) is 7.11 Å². The Morgan fingerprint density at radius 2 is 1.78 bits per heavy atom. The number of ether oxygens (including phenoxy) is 1. The smallest absolute Gasteiger partial charge is 0.417 e. The molecule has 2 aromatic rings. The highest BCUT2D eigenvalue weighted by atomic mass is 35.5. The van der Waals surface area contributed by atoms with Crippen LogP contribution in [-0.2, 0) is 10.9 Å². The summed E-state index contributed by atoms with van der Waals surface area (Å²) in [7, 11) is 0.968. The zero-order valence-electron chi connectivity index (χ0n) is 11.3. The molecule has 0 atom stereocenters. The molecular weight excluding hydrogens is 378 g/mol. The maximum atomic E-state index is 13.2. The number of hydrogen-bond donors (Lipinski definition) is 0. The molecule has 1 aromatic carbocycles. The third-order valence-electron chi connectivity index (χ3n) is 2.94. The quantitative estimate of drug-likeness (QED) is 0.506. The zero-order valence-corrected chi connectivity index (χ0v) is 13.6. The Morgan fingerprint density at radius 3 is 2.35 bits per heavy atom. The molecule has 0 aliphatic carbocycles. The van der Waals surface area contributed by atoms with Gasteiger partial charge in [0.2, 0.25) is 0 Å². The lowest BCUT2D eigenvalue weighted by Gasteiger charge is -2.15. The molecule has 0 bridgehead atoms. The van der Waals surface area contributed by atoms with E-state index in [0.29, 0.717) is 6.07 Å². The van der Waals surface area contributed by atoms with Gasteiger partial charge in [0, 0.05) is 11.8 Å². The number of rotatable bonds is 2. The molecule has 23 heavy (non-hydrogen) atoms. The van der Waals surface area contributed by atoms with E-state index in [1.54, 1.807) is 0 Å². The number of carbonyl (C=O) groups excluding carboxylic acids is 1. The molecule has 9 heteroatoms. The van der Waals surface area contributed by atoms with Crippen LogP contribution in [0, 0.1) is 0 Å². The molecule has 0 N–H and O–H groups in total. The fourth-order valence-electron chi connectivity index (χ4n) is 1.92. The lowest BCUT2D eigenvalue weighted by molar-refractivity contribution is -0.138. The molecule has 0 aliphatic heterocycles. The predicted octanol–water partition coefficient (Wildman–Crippen LogP) is 5.51. The van der Waals surface area contributed by atoms with E-state index in [9.17, 15) is 18.0 Å². The van der Waals surface area contributed by atoms with Crippen molar-refractivity contribution in [1.29, 1.82) is 0 Å². The van der Waals surface area contributed by atoms with Crippen molar-refractivity contribution in [1.82, 2.24) is 4.98 Å². The number of aromatic nitrogens is 1. The molecule has 0 aliphatic rings. The van der Waals surface area contributed by atoms with Gasteiger partial charge in [0.1, 0.15) is 0 Å². The van der Waals surface area contributed by atoms with Crippen LogP contribution in [0.5, 0.6) is 0 Å². The Balaban J connectivity index is 2.83. The van der Waals surface area contributed by atoms with Crippen LogP contribution in [0.1, 0.15) is 15.9 Å². The topological polar surface area (TPSA) is 39.2 Å². The molecular formula is C14H7Cl3F3NO2. The predicted molar refractivity (Wildman–Crippen MR) is 81.0 cm³/mol. The molecule has 0 amide bonds. The Kier molecular flexibility index (Phi) is 5.08. The fourth-order valence-corrected chi connectivity index (χ4v) is 2.54. The highest BCUT2D eigenvalue weighted by Gasteiger charge is 2.38. The largest absolute Gasteiger partial charge is 0.465 e. The second-order valence-corrected chi connectivity index (χ2v) is 5.46. The number of methoxy groups -OCH3 is 1. The van der Waals surface area contributed by atoms with Crippen LogP contribution in [0.3, 0.4) is 0 Å². The minimum atomic E-state index is -4.77. The first kappa shape index (κ1) is 17.8. The van der Waals surface area contributed by atoms with Crippen LogP contribution in [-0.4, -0.2) is 18.1 Å². The molecule has 1 heterocycles. The molecule has 0 fully saturated rings. The SMILES string of the molecule is COC(=O)c1c(C(F)(F)F)ccnc1-c1ccc(Cl)c(Cl)c1Cl. The second kappa shape index (κ2) is 6.55. The van der Waals surface area contributed by atoms with Crippen molar-refractivity contribution in [3.8, 4) is 11.3 Å². The van der Waals surface area contributed by atoms with Gasteiger partial charge in [0.05, 0.1) is 39.0 Å². The maximum Gasteiger partial charge on any atom is 0.417 e. The van der Waals surface area contributed by atoms with Gasteiger partial charge in [-0.15, -0.1) is 0 Å². The first-order chi connectivity index (χ1) is 10.7. The van der Waals surface area contributed by atoms with Gasteiger partial charge in [-0.05, 0) is 18.2 Å². The molecule has 1 aromatic heterocycles. The van der Waals surface area contributed by atoms with E-state index in [4.69, 9.17) is 34.8 Å². The normalized spacial score (nSPS) is 11.4. The fraction of sp³-hybridized carbons (Fsp3) is 0.143. The highest BCUT2D eigenvalue weighted by Crippen LogP contribution is 2.41. The molecule has 0 spiro atoms. The lowest BCUT2D eigenvalue weighted by Crippen LogP contribution is -2.16. The number of pyridine rings is 1. The van der Waals surface area contributed by atoms with Crippen molar-refractivity contribution in [3.63, 3.8) is 0 Å². The average Bonchev–Trinajstić information content (AvgIpc) is 2.50. The Labute approximate surface area is 143 Å². The number of esters is 1. The van der Waals surface area contributed by atoms with Gasteiger partial charge in [-0.25, -0.2) is 4.79 Å². The van der Waals surface area contributed by atoms with Gasteiger partial charge in [-0.3, -0.25) is 4.98 Å². The lowest BCUT2D eigenvalue weighted by atomic mass is 10.0. The maximum absolute atomic E-state index is 13.2. The van der Waals surface area contributed by atoms with Gasteiger partial charge < -0.3 is 4.74 Å². The standard InChI is InChI=1S/C14H7Cl3F3NO2/c1-23-13(22)9-7(14(18,19)20)4-5-21-12(9)6-2-3-8(15)11(17)10(6)16/h2-5H,1H3. The summed E-state index contributed by atoms with van der Waals surface area (Å²) in [5, 5.41) is -0.0518. The van der Waals surface area contributed by atoms with Crippen LogP contribution in [0.4, 0.5) is 13.2 Å². The van der Waals surface area contributed by atoms with Crippen LogP contribution in [0.15, 0.2) is 24.4 Å². The van der Waals surface area contributed by atoms with Crippen molar-refractivity contribution < 1.29 is 22.7 Å². The van der Waals surface area contributed by atoms with Crippen LogP contribution in [0.25, 0.3) is 11.3 Å². The van der Waals surface area contributed by atoms with E-state index in [1.165, 1.54) is 12.1 Å². The Morgan fingerprint density at radius 1 is 1.13 bits per heavy atom. The summed E-state index contributed by atoms with van der Waals surface area (Å²) in [5.41, 5.74) is -2.19. The van der Waals surface area contributed by atoms with Crippen molar-refractivity contribution in [3.05, 3.63) is 50.6 Å². The first-order valence-corrected chi connectivity index (χ1v) is 7.10. The van der Waals surface area contributed by atoms with E-state index in [0.717, 1.165) is 13.3 Å². The van der Waals surface area contributed by atoms with Crippen LogP contribution < -0.4 is 0 Å². The van der Waals surface area contributed by atoms with Crippen molar-refractivity contribution >= 4 is 40.8 Å². The van der Waals surface area contributed by atoms with Crippen LogP contribution in [0.2, 0.25) is 15.1 Å². The number of halogens is 6. The van der Waals surface area contributed by atoms with E-state index >= 15 is 0 Å². The van der Waals surface area contributed by atoms with Gasteiger partial charge in [-0.2, -0.15) is 13.2 Å². The summed E-state index contributed by atoms with van der Waals surface area (Å²) in [5.74, 6) is -1.19. The van der Waals surface area contributed by atoms with E-state index in [-0.39, 0.29) is 26.3 Å². The van der Waals surface area contributed by atoms with E-state index < -0.39 is 23.3 Å². The van der Waals surface area contributed by atoms with Gasteiger partial charge in [-0.1, -0.05) is 34.8 Å². The summed E-state index contributed by atoms with van der Waals surface area (Å²) in [4.78, 5) is 15.7. The number of alkyl halides is 3. The molecule has 0 saturated carbocycles. The Bertz CT molecular complexity index is 779. The van der Waals surface area contributed by atoms with Crippen molar-refractivity contribution in [2.45, 2.75) is 6.18 Å². The first-order valence-electron chi connectivity index (χ1n) is 5.96. The third-order valence-corrected chi connectivity index (χ3v) is 4.23. The summed E-state index contributed by atoms with van der Waals surface area (Å²) in [6.07, 6.45) is -3.85. The molecule has 122 valence electrons. The summed E-state index contributed by atoms with van der Waals surface area (Å²) in [6.45, 7) is 0. The minimum absolute atomic E-state index is 0.0348. The summed E-state index contributed by atoms with van der Waals surface area (Å²) < 4.78 is 44.0. The number of hydrogen-bond acceptors (Lipinski definition) is 3. The number of carbonyl (C=O) groups is 1. The molecule has 0 radical (unpaired) electrons. The average molecular weight is 385 g/mol. The van der Waals surface area contributed by atoms with Gasteiger partial charge in [0.15, 0.2) is 0 Å². The number of nitrogens with zero attached hydrogens (tertiary/aromatic N) is 1. The second-order valence-electron chi connectivity index (χ2n) is 4.29. The van der Waals surface area contributed by atoms with Gasteiger partial charge >= 0.3 is 12.1 Å². The highest BCUT2D eigenvalue weighted by molar-refractivity contribution is 6.49. The summed E-state index contributed by atoms with van der Waals surface area (Å²) >= 11 is 17.7. The minimum Gasteiger partial charge on any atom is -0.465 e. The Hall–Kier alpha value is -1.50. The number of benzene rings is 1. The van der Waals surface area contributed by atoms with Crippen LogP contribution >= 0.6 is 34.8 Å². The third kappa shape index (κ3) is 3.39. The van der Waals surface area contributed by atoms with Crippen molar-refractivity contribution in [2.24, 2.45) is 0 Å². The summed E-state index contributed by atoms with van der Waals surface area (Å²) in [6, 6.07) is 3.35. The van der Waals surface area contributed by atoms with E-state index in [2.05, 4.69) is 9.72 Å². The van der Waals surface area contributed by atoms with E-state index in [1.807, 2.05) is 0 Å². The molecule has 0 saturated heterocycles. The molecule has 0 unspecified atom stereocenters. The molecule has 3 nitrogen and oxygen atoms in total.